The molecule has 0 atom stereocenters. The minimum atomic E-state index is -0.977. The molecule has 0 saturated carbocycles. The van der Waals surface area contributed by atoms with Gasteiger partial charge in [-0.3, -0.25) is 4.68 Å². The SMILES string of the molecule is Cc1c(CNCc2csc(C(=O)O)n2)cnn1C. The van der Waals surface area contributed by atoms with Crippen molar-refractivity contribution in [2.24, 2.45) is 7.05 Å². The Bertz CT molecular complexity index is 561. The lowest BCUT2D eigenvalue weighted by atomic mass is 10.2. The molecule has 0 aliphatic heterocycles. The van der Waals surface area contributed by atoms with Gasteiger partial charge >= 0.3 is 5.97 Å². The monoisotopic (exact) mass is 266 g/mol. The number of carbonyl (C=O) groups is 1. The molecule has 2 aromatic rings. The summed E-state index contributed by atoms with van der Waals surface area (Å²) in [6, 6.07) is 0. The van der Waals surface area contributed by atoms with Crippen LogP contribution in [0.2, 0.25) is 0 Å². The molecule has 0 bridgehead atoms. The van der Waals surface area contributed by atoms with Gasteiger partial charge in [-0.05, 0) is 6.92 Å². The summed E-state index contributed by atoms with van der Waals surface area (Å²) in [6.07, 6.45) is 1.83. The Morgan fingerprint density at radius 1 is 1.56 bits per heavy atom. The number of hydrogen-bond donors (Lipinski definition) is 2. The summed E-state index contributed by atoms with van der Waals surface area (Å²) in [7, 11) is 1.90. The van der Waals surface area contributed by atoms with Crippen molar-refractivity contribution in [3.8, 4) is 0 Å². The lowest BCUT2D eigenvalue weighted by Gasteiger charge is -2.02. The highest BCUT2D eigenvalue weighted by molar-refractivity contribution is 7.11. The summed E-state index contributed by atoms with van der Waals surface area (Å²) < 4.78 is 1.82. The Kier molecular flexibility index (Phi) is 3.73. The summed E-state index contributed by atoms with van der Waals surface area (Å²) in [6.45, 7) is 3.26. The second kappa shape index (κ2) is 5.28. The molecule has 0 saturated heterocycles. The van der Waals surface area contributed by atoms with Crippen LogP contribution in [0.5, 0.6) is 0 Å². The van der Waals surface area contributed by atoms with Crippen molar-refractivity contribution in [3.05, 3.63) is 33.5 Å². The molecule has 96 valence electrons. The van der Waals surface area contributed by atoms with E-state index in [1.54, 1.807) is 5.38 Å². The third kappa shape index (κ3) is 2.74. The minimum Gasteiger partial charge on any atom is -0.476 e. The molecular weight excluding hydrogens is 252 g/mol. The molecule has 6 nitrogen and oxygen atoms in total. The van der Waals surface area contributed by atoms with E-state index >= 15 is 0 Å². The van der Waals surface area contributed by atoms with Gasteiger partial charge in [0, 0.05) is 36.8 Å². The number of carboxylic acid groups (broad SMARTS) is 1. The number of rotatable bonds is 5. The Morgan fingerprint density at radius 2 is 2.33 bits per heavy atom. The highest BCUT2D eigenvalue weighted by atomic mass is 32.1. The molecular formula is C11H14N4O2S. The van der Waals surface area contributed by atoms with E-state index < -0.39 is 5.97 Å². The second-order valence-corrected chi connectivity index (χ2v) is 4.79. The molecule has 0 aliphatic carbocycles. The summed E-state index contributed by atoms with van der Waals surface area (Å²) in [5.74, 6) is -0.977. The van der Waals surface area contributed by atoms with E-state index in [4.69, 9.17) is 5.11 Å². The van der Waals surface area contributed by atoms with E-state index in [-0.39, 0.29) is 5.01 Å². The van der Waals surface area contributed by atoms with E-state index in [1.165, 1.54) is 0 Å². The molecule has 0 spiro atoms. The van der Waals surface area contributed by atoms with Crippen LogP contribution >= 0.6 is 11.3 Å². The molecule has 0 aromatic carbocycles. The Hall–Kier alpha value is -1.73. The van der Waals surface area contributed by atoms with Gasteiger partial charge in [0.1, 0.15) is 0 Å². The zero-order valence-corrected chi connectivity index (χ0v) is 11.0. The van der Waals surface area contributed by atoms with Crippen molar-refractivity contribution in [1.82, 2.24) is 20.1 Å². The van der Waals surface area contributed by atoms with E-state index in [1.807, 2.05) is 24.9 Å². The van der Waals surface area contributed by atoms with Crippen molar-refractivity contribution >= 4 is 17.3 Å². The lowest BCUT2D eigenvalue weighted by Crippen LogP contribution is -2.13. The first-order valence-electron chi connectivity index (χ1n) is 5.44. The van der Waals surface area contributed by atoms with E-state index in [0.717, 1.165) is 28.3 Å². The number of nitrogens with one attached hydrogen (secondary N) is 1. The van der Waals surface area contributed by atoms with Gasteiger partial charge in [-0.25, -0.2) is 9.78 Å². The number of aromatic carboxylic acids is 1. The molecule has 0 amide bonds. The molecule has 2 aromatic heterocycles. The number of hydrogen-bond acceptors (Lipinski definition) is 5. The van der Waals surface area contributed by atoms with Crippen molar-refractivity contribution in [2.75, 3.05) is 0 Å². The largest absolute Gasteiger partial charge is 0.476 e. The number of carboxylic acids is 1. The van der Waals surface area contributed by atoms with Crippen LogP contribution in [0, 0.1) is 6.92 Å². The van der Waals surface area contributed by atoms with Crippen LogP contribution in [0.1, 0.15) is 26.8 Å². The summed E-state index contributed by atoms with van der Waals surface area (Å²) >= 11 is 1.14. The van der Waals surface area contributed by atoms with Crippen molar-refractivity contribution in [1.29, 1.82) is 0 Å². The smallest absolute Gasteiger partial charge is 0.365 e. The third-order valence-corrected chi connectivity index (χ3v) is 3.57. The van der Waals surface area contributed by atoms with Crippen LogP contribution in [-0.4, -0.2) is 25.8 Å². The minimum absolute atomic E-state index is 0.129. The van der Waals surface area contributed by atoms with Gasteiger partial charge in [-0.1, -0.05) is 0 Å². The van der Waals surface area contributed by atoms with Gasteiger partial charge < -0.3 is 10.4 Å². The maximum absolute atomic E-state index is 10.7. The van der Waals surface area contributed by atoms with Gasteiger partial charge in [-0.2, -0.15) is 5.10 Å². The topological polar surface area (TPSA) is 80.0 Å². The van der Waals surface area contributed by atoms with Crippen LogP contribution < -0.4 is 5.32 Å². The van der Waals surface area contributed by atoms with Crippen LogP contribution in [0.4, 0.5) is 0 Å². The van der Waals surface area contributed by atoms with Gasteiger partial charge in [0.15, 0.2) is 0 Å². The average molecular weight is 266 g/mol. The Morgan fingerprint density at radius 3 is 2.89 bits per heavy atom. The molecule has 0 radical (unpaired) electrons. The first-order chi connectivity index (χ1) is 8.58. The van der Waals surface area contributed by atoms with E-state index in [9.17, 15) is 4.79 Å². The average Bonchev–Trinajstić information content (AvgIpc) is 2.91. The second-order valence-electron chi connectivity index (χ2n) is 3.93. The molecule has 2 heterocycles. The lowest BCUT2D eigenvalue weighted by molar-refractivity contribution is 0.0696. The van der Waals surface area contributed by atoms with Crippen LogP contribution in [0.15, 0.2) is 11.6 Å². The van der Waals surface area contributed by atoms with Crippen LogP contribution in [0.3, 0.4) is 0 Å². The van der Waals surface area contributed by atoms with Gasteiger partial charge in [-0.15, -0.1) is 11.3 Å². The van der Waals surface area contributed by atoms with Gasteiger partial charge in [0.2, 0.25) is 5.01 Å². The van der Waals surface area contributed by atoms with Gasteiger partial charge in [0.05, 0.1) is 11.9 Å². The van der Waals surface area contributed by atoms with Gasteiger partial charge in [0.25, 0.3) is 0 Å². The molecule has 2 N–H and O–H groups in total. The van der Waals surface area contributed by atoms with Crippen molar-refractivity contribution < 1.29 is 9.90 Å². The Balaban J connectivity index is 1.88. The van der Waals surface area contributed by atoms with Crippen LogP contribution in [0.25, 0.3) is 0 Å². The summed E-state index contributed by atoms with van der Waals surface area (Å²) in [5.41, 5.74) is 3.00. The Labute approximate surface area is 108 Å². The van der Waals surface area contributed by atoms with Crippen molar-refractivity contribution in [2.45, 2.75) is 20.0 Å². The maximum Gasteiger partial charge on any atom is 0.365 e. The first kappa shape index (κ1) is 12.7. The van der Waals surface area contributed by atoms with Crippen molar-refractivity contribution in [3.63, 3.8) is 0 Å². The molecule has 0 fully saturated rings. The van der Waals surface area contributed by atoms with E-state index in [0.29, 0.717) is 13.1 Å². The predicted octanol–water partition coefficient (Wildman–Crippen LogP) is 1.17. The first-order valence-corrected chi connectivity index (χ1v) is 6.32. The quantitative estimate of drug-likeness (QED) is 0.849. The standard InChI is InChI=1S/C11H14N4O2S/c1-7-8(4-13-15(7)2)3-12-5-9-6-18-10(14-9)11(16)17/h4,6,12H,3,5H2,1-2H3,(H,16,17). The zero-order chi connectivity index (χ0) is 13.1. The number of nitrogens with zero attached hydrogens (tertiary/aromatic N) is 3. The molecule has 7 heteroatoms. The summed E-state index contributed by atoms with van der Waals surface area (Å²) in [4.78, 5) is 14.7. The number of aryl methyl sites for hydroxylation is 1. The highest BCUT2D eigenvalue weighted by Gasteiger charge is 2.09. The maximum atomic E-state index is 10.7. The highest BCUT2D eigenvalue weighted by Crippen LogP contribution is 2.10. The number of thiazole rings is 1. The zero-order valence-electron chi connectivity index (χ0n) is 10.2. The molecule has 0 unspecified atom stereocenters. The fraction of sp³-hybridized carbons (Fsp3) is 0.364. The predicted molar refractivity (Wildman–Crippen MR) is 67.6 cm³/mol. The fourth-order valence-electron chi connectivity index (χ4n) is 1.53. The third-order valence-electron chi connectivity index (χ3n) is 2.69. The molecule has 0 aliphatic rings. The van der Waals surface area contributed by atoms with E-state index in [2.05, 4.69) is 15.4 Å². The fourth-order valence-corrected chi connectivity index (χ4v) is 2.18. The number of aromatic nitrogens is 3. The normalized spacial score (nSPS) is 10.8. The molecule has 18 heavy (non-hydrogen) atoms. The summed E-state index contributed by atoms with van der Waals surface area (Å²) in [5, 5.41) is 18.0. The van der Waals surface area contributed by atoms with Crippen LogP contribution in [-0.2, 0) is 20.1 Å². The molecule has 2 rings (SSSR count).